The van der Waals surface area contributed by atoms with Crippen LogP contribution in [-0.4, -0.2) is 21.5 Å². The Morgan fingerprint density at radius 2 is 1.83 bits per heavy atom. The molecule has 3 aromatic rings. The average Bonchev–Trinajstić information content (AvgIpc) is 2.70. The predicted octanol–water partition coefficient (Wildman–Crippen LogP) is 3.50. The number of rotatable bonds is 7. The molecule has 0 fully saturated rings. The molecule has 29 heavy (non-hydrogen) atoms. The standard InChI is InChI=1S/C23H24FN3O2/c1-16(8-9-18-6-4-3-5-7-18)25-21(28)15-27-22(29)14-17(2)26-23(27)19-10-12-20(24)13-11-19/h3-7,10-14,16H,8-9,15H2,1-2H3,(H,25,28). The van der Waals surface area contributed by atoms with Crippen molar-refractivity contribution in [2.24, 2.45) is 0 Å². The summed E-state index contributed by atoms with van der Waals surface area (Å²) in [6.07, 6.45) is 1.65. The second kappa shape index (κ2) is 9.28. The highest BCUT2D eigenvalue weighted by atomic mass is 19.1. The molecule has 0 aliphatic carbocycles. The van der Waals surface area contributed by atoms with Crippen LogP contribution in [0.3, 0.4) is 0 Å². The van der Waals surface area contributed by atoms with E-state index >= 15 is 0 Å². The Kier molecular flexibility index (Phi) is 6.54. The van der Waals surface area contributed by atoms with Crippen molar-refractivity contribution in [2.45, 2.75) is 39.3 Å². The van der Waals surface area contributed by atoms with Gasteiger partial charge in [-0.1, -0.05) is 30.3 Å². The fraction of sp³-hybridized carbons (Fsp3) is 0.261. The molecule has 0 aliphatic rings. The number of carbonyl (C=O) groups is 1. The van der Waals surface area contributed by atoms with Gasteiger partial charge in [0.15, 0.2) is 0 Å². The van der Waals surface area contributed by atoms with Crippen molar-refractivity contribution >= 4 is 5.91 Å². The van der Waals surface area contributed by atoms with Crippen LogP contribution >= 0.6 is 0 Å². The number of hydrogen-bond acceptors (Lipinski definition) is 3. The Hall–Kier alpha value is -3.28. The van der Waals surface area contributed by atoms with Crippen LogP contribution in [0.5, 0.6) is 0 Å². The topological polar surface area (TPSA) is 64.0 Å². The van der Waals surface area contributed by atoms with Crippen LogP contribution in [0.15, 0.2) is 65.5 Å². The number of amides is 1. The summed E-state index contributed by atoms with van der Waals surface area (Å²) in [4.78, 5) is 29.5. The van der Waals surface area contributed by atoms with Gasteiger partial charge in [-0.3, -0.25) is 14.2 Å². The molecule has 6 heteroatoms. The molecule has 0 saturated heterocycles. The molecule has 0 bridgehead atoms. The first-order valence-electron chi connectivity index (χ1n) is 9.60. The summed E-state index contributed by atoms with van der Waals surface area (Å²) in [5.74, 6) is -0.288. The second-order valence-corrected chi connectivity index (χ2v) is 7.15. The first-order chi connectivity index (χ1) is 13.9. The molecule has 3 rings (SSSR count). The zero-order valence-electron chi connectivity index (χ0n) is 16.6. The van der Waals surface area contributed by atoms with Crippen LogP contribution in [0.25, 0.3) is 11.4 Å². The quantitative estimate of drug-likeness (QED) is 0.668. The number of nitrogens with zero attached hydrogens (tertiary/aromatic N) is 2. The Labute approximate surface area is 169 Å². The van der Waals surface area contributed by atoms with Crippen molar-refractivity contribution in [3.05, 3.63) is 88.1 Å². The molecule has 1 heterocycles. The van der Waals surface area contributed by atoms with Crippen LogP contribution in [0, 0.1) is 12.7 Å². The lowest BCUT2D eigenvalue weighted by atomic mass is 10.1. The van der Waals surface area contributed by atoms with E-state index in [0.717, 1.165) is 12.8 Å². The van der Waals surface area contributed by atoms with Gasteiger partial charge < -0.3 is 5.32 Å². The number of nitrogens with one attached hydrogen (secondary N) is 1. The molecule has 0 radical (unpaired) electrons. The number of halogens is 1. The largest absolute Gasteiger partial charge is 0.352 e. The lowest BCUT2D eigenvalue weighted by Crippen LogP contribution is -2.38. The van der Waals surface area contributed by atoms with Crippen molar-refractivity contribution < 1.29 is 9.18 Å². The maximum atomic E-state index is 13.3. The zero-order valence-corrected chi connectivity index (χ0v) is 16.6. The van der Waals surface area contributed by atoms with E-state index in [4.69, 9.17) is 0 Å². The predicted molar refractivity (Wildman–Crippen MR) is 111 cm³/mol. The van der Waals surface area contributed by atoms with E-state index in [-0.39, 0.29) is 29.9 Å². The first-order valence-corrected chi connectivity index (χ1v) is 9.60. The lowest BCUT2D eigenvalue weighted by Gasteiger charge is -2.16. The monoisotopic (exact) mass is 393 g/mol. The molecule has 5 nitrogen and oxygen atoms in total. The number of carbonyl (C=O) groups excluding carboxylic acids is 1. The third-order valence-electron chi connectivity index (χ3n) is 4.66. The van der Waals surface area contributed by atoms with Gasteiger partial charge in [-0.15, -0.1) is 0 Å². The summed E-state index contributed by atoms with van der Waals surface area (Å²) in [5, 5.41) is 2.94. The van der Waals surface area contributed by atoms with E-state index in [9.17, 15) is 14.0 Å². The number of aryl methyl sites for hydroxylation is 2. The van der Waals surface area contributed by atoms with Gasteiger partial charge in [0.2, 0.25) is 5.91 Å². The fourth-order valence-corrected chi connectivity index (χ4v) is 3.16. The summed E-state index contributed by atoms with van der Waals surface area (Å²) < 4.78 is 14.6. The van der Waals surface area contributed by atoms with Crippen molar-refractivity contribution in [1.29, 1.82) is 0 Å². The van der Waals surface area contributed by atoms with Crippen LogP contribution in [0.4, 0.5) is 4.39 Å². The first kappa shape index (κ1) is 20.5. The van der Waals surface area contributed by atoms with Gasteiger partial charge in [0.05, 0.1) is 0 Å². The molecule has 1 amide bonds. The highest BCUT2D eigenvalue weighted by molar-refractivity contribution is 5.76. The molecular formula is C23H24FN3O2. The van der Waals surface area contributed by atoms with Crippen molar-refractivity contribution in [2.75, 3.05) is 0 Å². The summed E-state index contributed by atoms with van der Waals surface area (Å²) in [6, 6.07) is 17.1. The molecule has 2 aromatic carbocycles. The highest BCUT2D eigenvalue weighted by Gasteiger charge is 2.15. The average molecular weight is 393 g/mol. The van der Waals surface area contributed by atoms with Crippen molar-refractivity contribution in [1.82, 2.24) is 14.9 Å². The Morgan fingerprint density at radius 1 is 1.14 bits per heavy atom. The van der Waals surface area contributed by atoms with Crippen LogP contribution in [0.1, 0.15) is 24.6 Å². The molecule has 150 valence electrons. The normalized spacial score (nSPS) is 11.8. The van der Waals surface area contributed by atoms with Gasteiger partial charge in [0.25, 0.3) is 5.56 Å². The van der Waals surface area contributed by atoms with E-state index in [2.05, 4.69) is 22.4 Å². The summed E-state index contributed by atoms with van der Waals surface area (Å²) in [7, 11) is 0. The van der Waals surface area contributed by atoms with E-state index in [1.807, 2.05) is 25.1 Å². The summed E-state index contributed by atoms with van der Waals surface area (Å²) in [5.41, 5.74) is 2.02. The smallest absolute Gasteiger partial charge is 0.254 e. The Balaban J connectivity index is 1.71. The van der Waals surface area contributed by atoms with Crippen LogP contribution < -0.4 is 10.9 Å². The van der Waals surface area contributed by atoms with Crippen LogP contribution in [0.2, 0.25) is 0 Å². The van der Waals surface area contributed by atoms with Gasteiger partial charge in [-0.05, 0) is 56.5 Å². The molecule has 0 spiro atoms. The van der Waals surface area contributed by atoms with E-state index < -0.39 is 0 Å². The number of hydrogen-bond donors (Lipinski definition) is 1. The fourth-order valence-electron chi connectivity index (χ4n) is 3.16. The number of aromatic nitrogens is 2. The number of benzene rings is 2. The zero-order chi connectivity index (χ0) is 20.8. The Bertz CT molecular complexity index is 1030. The molecule has 1 atom stereocenters. The minimum atomic E-state index is -0.375. The molecule has 1 N–H and O–H groups in total. The lowest BCUT2D eigenvalue weighted by molar-refractivity contribution is -0.122. The molecule has 1 aromatic heterocycles. The van der Waals surface area contributed by atoms with Crippen LogP contribution in [-0.2, 0) is 17.8 Å². The van der Waals surface area contributed by atoms with Gasteiger partial charge in [0.1, 0.15) is 18.2 Å². The van der Waals surface area contributed by atoms with Crippen molar-refractivity contribution in [3.8, 4) is 11.4 Å². The molecule has 0 aliphatic heterocycles. The molecular weight excluding hydrogens is 369 g/mol. The minimum Gasteiger partial charge on any atom is -0.352 e. The summed E-state index contributed by atoms with van der Waals surface area (Å²) in [6.45, 7) is 3.51. The molecule has 0 saturated carbocycles. The van der Waals surface area contributed by atoms with E-state index in [1.54, 1.807) is 19.1 Å². The summed E-state index contributed by atoms with van der Waals surface area (Å²) >= 11 is 0. The third kappa shape index (κ3) is 5.60. The van der Waals surface area contributed by atoms with Gasteiger partial charge in [-0.25, -0.2) is 9.37 Å². The third-order valence-corrected chi connectivity index (χ3v) is 4.66. The van der Waals surface area contributed by atoms with E-state index in [1.165, 1.54) is 28.3 Å². The van der Waals surface area contributed by atoms with Gasteiger partial charge in [0, 0.05) is 23.4 Å². The maximum absolute atomic E-state index is 13.3. The minimum absolute atomic E-state index is 0.0360. The SMILES string of the molecule is Cc1cc(=O)n(CC(=O)NC(C)CCc2ccccc2)c(-c2ccc(F)cc2)n1. The van der Waals surface area contributed by atoms with E-state index in [0.29, 0.717) is 17.1 Å². The maximum Gasteiger partial charge on any atom is 0.254 e. The van der Waals surface area contributed by atoms with Gasteiger partial charge in [-0.2, -0.15) is 0 Å². The second-order valence-electron chi connectivity index (χ2n) is 7.15. The molecule has 1 unspecified atom stereocenters. The Morgan fingerprint density at radius 3 is 2.52 bits per heavy atom. The highest BCUT2D eigenvalue weighted by Crippen LogP contribution is 2.17. The van der Waals surface area contributed by atoms with Gasteiger partial charge >= 0.3 is 0 Å². The van der Waals surface area contributed by atoms with Crippen molar-refractivity contribution in [3.63, 3.8) is 0 Å².